The number of hydrogen-bond donors (Lipinski definition) is 2. The van der Waals surface area contributed by atoms with Gasteiger partial charge in [0.2, 0.25) is 5.91 Å². The monoisotopic (exact) mass is 381 g/mol. The molecule has 6 nitrogen and oxygen atoms in total. The summed E-state index contributed by atoms with van der Waals surface area (Å²) in [7, 11) is 0. The standard InChI is InChI=1S/C21H24FN5O/c1-15-20(16(2)27(26-15)19-7-5-18(22)6-8-19)14-24-11-9-21(28)25-13-17-4-3-10-23-12-17/h3-8,10,12,24H,9,11,13-14H2,1-2H3,(H,25,28). The van der Waals surface area contributed by atoms with E-state index in [1.165, 1.54) is 12.1 Å². The molecule has 3 aromatic rings. The molecule has 0 aliphatic carbocycles. The Morgan fingerprint density at radius 2 is 1.93 bits per heavy atom. The van der Waals surface area contributed by atoms with Gasteiger partial charge < -0.3 is 10.6 Å². The Hall–Kier alpha value is -3.06. The zero-order valence-electron chi connectivity index (χ0n) is 16.1. The number of carbonyl (C=O) groups excluding carboxylic acids is 1. The molecule has 2 heterocycles. The van der Waals surface area contributed by atoms with Crippen molar-refractivity contribution in [2.45, 2.75) is 33.4 Å². The normalized spacial score (nSPS) is 10.8. The van der Waals surface area contributed by atoms with Gasteiger partial charge in [0.05, 0.1) is 11.4 Å². The summed E-state index contributed by atoms with van der Waals surface area (Å²) >= 11 is 0. The highest BCUT2D eigenvalue weighted by atomic mass is 19.1. The molecule has 0 fully saturated rings. The van der Waals surface area contributed by atoms with Crippen molar-refractivity contribution in [3.8, 4) is 5.69 Å². The minimum atomic E-state index is -0.269. The van der Waals surface area contributed by atoms with Crippen molar-refractivity contribution >= 4 is 5.91 Å². The van der Waals surface area contributed by atoms with Crippen LogP contribution in [-0.2, 0) is 17.9 Å². The van der Waals surface area contributed by atoms with Crippen molar-refractivity contribution in [2.24, 2.45) is 0 Å². The molecule has 2 aromatic heterocycles. The average molecular weight is 381 g/mol. The molecule has 7 heteroatoms. The molecule has 0 spiro atoms. The van der Waals surface area contributed by atoms with Crippen molar-refractivity contribution in [3.05, 3.63) is 77.1 Å². The van der Waals surface area contributed by atoms with Crippen LogP contribution in [0.2, 0.25) is 0 Å². The molecule has 0 atom stereocenters. The van der Waals surface area contributed by atoms with Crippen molar-refractivity contribution < 1.29 is 9.18 Å². The van der Waals surface area contributed by atoms with Gasteiger partial charge in [0.25, 0.3) is 0 Å². The number of aromatic nitrogens is 3. The lowest BCUT2D eigenvalue weighted by atomic mass is 10.2. The van der Waals surface area contributed by atoms with Crippen molar-refractivity contribution in [1.82, 2.24) is 25.4 Å². The van der Waals surface area contributed by atoms with Gasteiger partial charge >= 0.3 is 0 Å². The number of benzene rings is 1. The van der Waals surface area contributed by atoms with Crippen LogP contribution in [-0.4, -0.2) is 27.2 Å². The molecule has 28 heavy (non-hydrogen) atoms. The molecule has 1 aromatic carbocycles. The van der Waals surface area contributed by atoms with Crippen LogP contribution in [0.15, 0.2) is 48.8 Å². The lowest BCUT2D eigenvalue weighted by Crippen LogP contribution is -2.27. The number of pyridine rings is 1. The summed E-state index contributed by atoms with van der Waals surface area (Å²) in [6.07, 6.45) is 3.84. The third-order valence-electron chi connectivity index (χ3n) is 4.56. The highest BCUT2D eigenvalue weighted by Crippen LogP contribution is 2.18. The molecule has 0 unspecified atom stereocenters. The molecular formula is C21H24FN5O. The largest absolute Gasteiger partial charge is 0.352 e. The number of carbonyl (C=O) groups is 1. The Morgan fingerprint density at radius 3 is 2.64 bits per heavy atom. The van der Waals surface area contributed by atoms with Crippen LogP contribution in [0.1, 0.15) is 28.9 Å². The van der Waals surface area contributed by atoms with Gasteiger partial charge in [-0.3, -0.25) is 9.78 Å². The zero-order chi connectivity index (χ0) is 19.9. The van der Waals surface area contributed by atoms with Gasteiger partial charge in [0.1, 0.15) is 5.82 Å². The second-order valence-electron chi connectivity index (χ2n) is 6.60. The smallest absolute Gasteiger partial charge is 0.221 e. The van der Waals surface area contributed by atoms with Crippen LogP contribution < -0.4 is 10.6 Å². The van der Waals surface area contributed by atoms with Crippen molar-refractivity contribution in [1.29, 1.82) is 0 Å². The molecule has 0 aliphatic heterocycles. The summed E-state index contributed by atoms with van der Waals surface area (Å²) < 4.78 is 14.9. The van der Waals surface area contributed by atoms with Crippen LogP contribution in [0, 0.1) is 19.7 Å². The summed E-state index contributed by atoms with van der Waals surface area (Å²) in [6, 6.07) is 10.0. The van der Waals surface area contributed by atoms with Crippen LogP contribution >= 0.6 is 0 Å². The zero-order valence-corrected chi connectivity index (χ0v) is 16.1. The van der Waals surface area contributed by atoms with Gasteiger partial charge in [-0.05, 0) is 49.7 Å². The van der Waals surface area contributed by atoms with Crippen LogP contribution in [0.5, 0.6) is 0 Å². The fraction of sp³-hybridized carbons (Fsp3) is 0.286. The number of rotatable bonds is 8. The molecule has 0 aliphatic rings. The van der Waals surface area contributed by atoms with Gasteiger partial charge in [-0.2, -0.15) is 5.10 Å². The van der Waals surface area contributed by atoms with E-state index in [0.717, 1.165) is 28.2 Å². The second kappa shape index (κ2) is 9.23. The van der Waals surface area contributed by atoms with Gasteiger partial charge in [-0.25, -0.2) is 9.07 Å². The van der Waals surface area contributed by atoms with Crippen molar-refractivity contribution in [2.75, 3.05) is 6.54 Å². The summed E-state index contributed by atoms with van der Waals surface area (Å²) in [5, 5.41) is 10.7. The van der Waals surface area contributed by atoms with E-state index in [9.17, 15) is 9.18 Å². The van der Waals surface area contributed by atoms with Gasteiger partial charge in [-0.15, -0.1) is 0 Å². The molecule has 0 saturated heterocycles. The topological polar surface area (TPSA) is 71.8 Å². The quantitative estimate of drug-likeness (QED) is 0.589. The summed E-state index contributed by atoms with van der Waals surface area (Å²) in [4.78, 5) is 16.0. The lowest BCUT2D eigenvalue weighted by Gasteiger charge is -2.08. The third kappa shape index (κ3) is 5.01. The SMILES string of the molecule is Cc1nn(-c2ccc(F)cc2)c(C)c1CNCCC(=O)NCc1cccnc1. The maximum absolute atomic E-state index is 13.1. The molecule has 0 bridgehead atoms. The first-order valence-electron chi connectivity index (χ1n) is 9.22. The number of hydrogen-bond acceptors (Lipinski definition) is 4. The van der Waals surface area contributed by atoms with Crippen LogP contribution in [0.25, 0.3) is 5.69 Å². The van der Waals surface area contributed by atoms with Crippen LogP contribution in [0.3, 0.4) is 0 Å². The predicted octanol–water partition coefficient (Wildman–Crippen LogP) is 2.82. The number of aryl methyl sites for hydroxylation is 1. The van der Waals surface area contributed by atoms with E-state index >= 15 is 0 Å². The fourth-order valence-electron chi connectivity index (χ4n) is 2.97. The Kier molecular flexibility index (Phi) is 6.49. The first kappa shape index (κ1) is 19.7. The van der Waals surface area contributed by atoms with Crippen LogP contribution in [0.4, 0.5) is 4.39 Å². The Morgan fingerprint density at radius 1 is 1.14 bits per heavy atom. The molecule has 1 amide bonds. The number of nitrogens with zero attached hydrogens (tertiary/aromatic N) is 3. The number of amides is 1. The maximum atomic E-state index is 13.1. The van der Waals surface area contributed by atoms with E-state index < -0.39 is 0 Å². The van der Waals surface area contributed by atoms with E-state index in [2.05, 4.69) is 20.7 Å². The molecule has 0 radical (unpaired) electrons. The van der Waals surface area contributed by atoms with E-state index in [4.69, 9.17) is 0 Å². The van der Waals surface area contributed by atoms with Gasteiger partial charge in [0.15, 0.2) is 0 Å². The molecule has 146 valence electrons. The Balaban J connectivity index is 1.48. The Labute approximate surface area is 163 Å². The van der Waals surface area contributed by atoms with E-state index in [-0.39, 0.29) is 11.7 Å². The number of nitrogens with one attached hydrogen (secondary N) is 2. The molecule has 0 saturated carbocycles. The minimum Gasteiger partial charge on any atom is -0.352 e. The highest BCUT2D eigenvalue weighted by Gasteiger charge is 2.12. The van der Waals surface area contributed by atoms with Crippen molar-refractivity contribution in [3.63, 3.8) is 0 Å². The first-order chi connectivity index (χ1) is 13.5. The maximum Gasteiger partial charge on any atom is 0.221 e. The van der Waals surface area contributed by atoms with E-state index in [1.54, 1.807) is 24.5 Å². The second-order valence-corrected chi connectivity index (χ2v) is 6.60. The third-order valence-corrected chi connectivity index (χ3v) is 4.56. The lowest BCUT2D eigenvalue weighted by molar-refractivity contribution is -0.121. The summed E-state index contributed by atoms with van der Waals surface area (Å²) in [5.74, 6) is -0.277. The summed E-state index contributed by atoms with van der Waals surface area (Å²) in [5.41, 5.74) is 4.79. The highest BCUT2D eigenvalue weighted by molar-refractivity contribution is 5.76. The van der Waals surface area contributed by atoms with E-state index in [0.29, 0.717) is 26.1 Å². The summed E-state index contributed by atoms with van der Waals surface area (Å²) in [6.45, 7) is 5.61. The predicted molar refractivity (Wildman–Crippen MR) is 105 cm³/mol. The molecule has 2 N–H and O–H groups in total. The molecule has 3 rings (SSSR count). The fourth-order valence-corrected chi connectivity index (χ4v) is 2.97. The first-order valence-corrected chi connectivity index (χ1v) is 9.22. The number of halogens is 1. The van der Waals surface area contributed by atoms with Gasteiger partial charge in [-0.1, -0.05) is 6.07 Å². The minimum absolute atomic E-state index is 0.00759. The molecular weight excluding hydrogens is 357 g/mol. The Bertz CT molecular complexity index is 922. The average Bonchev–Trinajstić information content (AvgIpc) is 2.99. The van der Waals surface area contributed by atoms with Gasteiger partial charge in [0, 0.05) is 49.7 Å². The van der Waals surface area contributed by atoms with E-state index in [1.807, 2.05) is 30.7 Å².